The van der Waals surface area contributed by atoms with Crippen LogP contribution in [0.2, 0.25) is 0 Å². The van der Waals surface area contributed by atoms with Gasteiger partial charge in [0.2, 0.25) is 0 Å². The molecule has 0 aliphatic carbocycles. The van der Waals surface area contributed by atoms with E-state index >= 15 is 0 Å². The van der Waals surface area contributed by atoms with E-state index in [0.29, 0.717) is 0 Å². The molecule has 0 aliphatic heterocycles. The average molecular weight is 237 g/mol. The predicted octanol–water partition coefficient (Wildman–Crippen LogP) is 5.11. The lowest BCUT2D eigenvalue weighted by atomic mass is 10.1. The minimum atomic E-state index is 0.857. The Morgan fingerprint density at radius 3 is 2.44 bits per heavy atom. The Labute approximate surface area is 109 Å². The number of hydrogen-bond donors (Lipinski definition) is 0. The number of hydrogen-bond acceptors (Lipinski definition) is 1. The minimum Gasteiger partial charge on any atom is -0.457 e. The summed E-state index contributed by atoms with van der Waals surface area (Å²) in [5, 5.41) is 0. The molecule has 0 bridgehead atoms. The second-order valence-corrected chi connectivity index (χ2v) is 4.00. The molecule has 0 saturated heterocycles. The number of allylic oxidation sites excluding steroid dienone is 1. The lowest BCUT2D eigenvalue weighted by molar-refractivity contribution is 0.481. The molecule has 1 nitrogen and oxygen atoms in total. The fourth-order valence-electron chi connectivity index (χ4n) is 1.65. The van der Waals surface area contributed by atoms with Crippen LogP contribution in [0.25, 0.3) is 6.08 Å². The smallest absolute Gasteiger partial charge is 0.134 e. The zero-order valence-corrected chi connectivity index (χ0v) is 10.4. The van der Waals surface area contributed by atoms with Crippen molar-refractivity contribution in [2.24, 2.45) is 0 Å². The first-order valence-electron chi connectivity index (χ1n) is 6.18. The minimum absolute atomic E-state index is 0.857. The first-order valence-corrected chi connectivity index (χ1v) is 6.18. The van der Waals surface area contributed by atoms with Crippen molar-refractivity contribution in [1.29, 1.82) is 0 Å². The van der Waals surface area contributed by atoms with Crippen LogP contribution in [0.1, 0.15) is 18.4 Å². The van der Waals surface area contributed by atoms with E-state index < -0.39 is 0 Å². The molecular weight excluding hydrogens is 220 g/mol. The van der Waals surface area contributed by atoms with E-state index in [1.165, 1.54) is 0 Å². The molecule has 0 spiro atoms. The zero-order chi connectivity index (χ0) is 12.6. The van der Waals surface area contributed by atoms with Crippen molar-refractivity contribution >= 4 is 6.08 Å². The third kappa shape index (κ3) is 3.49. The summed E-state index contributed by atoms with van der Waals surface area (Å²) in [6, 6.07) is 17.9. The molecule has 0 heterocycles. The Bertz CT molecular complexity index is 500. The van der Waals surface area contributed by atoms with Crippen molar-refractivity contribution < 1.29 is 4.74 Å². The quantitative estimate of drug-likeness (QED) is 0.702. The molecule has 2 rings (SSSR count). The molecule has 1 radical (unpaired) electrons. The topological polar surface area (TPSA) is 9.23 Å². The van der Waals surface area contributed by atoms with E-state index in [-0.39, 0.29) is 0 Å². The summed E-state index contributed by atoms with van der Waals surface area (Å²) in [7, 11) is 0. The van der Waals surface area contributed by atoms with E-state index in [2.05, 4.69) is 25.1 Å². The van der Waals surface area contributed by atoms with Gasteiger partial charge in [0.05, 0.1) is 0 Å². The molecule has 1 heteroatoms. The van der Waals surface area contributed by atoms with Crippen molar-refractivity contribution in [3.63, 3.8) is 0 Å². The molecule has 0 aliphatic rings. The van der Waals surface area contributed by atoms with Crippen molar-refractivity contribution in [3.05, 3.63) is 73.2 Å². The largest absolute Gasteiger partial charge is 0.457 e. The highest BCUT2D eigenvalue weighted by Gasteiger charge is 2.00. The van der Waals surface area contributed by atoms with Gasteiger partial charge in [0.15, 0.2) is 0 Å². The molecule has 0 aromatic heterocycles. The normalized spacial score (nSPS) is 10.7. The number of unbranched alkanes of at least 4 members (excludes halogenated alkanes) is 1. The van der Waals surface area contributed by atoms with Crippen molar-refractivity contribution in [3.8, 4) is 11.5 Å². The van der Waals surface area contributed by atoms with Crippen LogP contribution in [0.15, 0.2) is 60.7 Å². The van der Waals surface area contributed by atoms with Crippen LogP contribution < -0.4 is 4.74 Å². The third-order valence-corrected chi connectivity index (χ3v) is 2.56. The number of para-hydroxylation sites is 2. The Morgan fingerprint density at radius 2 is 1.67 bits per heavy atom. The van der Waals surface area contributed by atoms with E-state index in [0.717, 1.165) is 29.9 Å². The average Bonchev–Trinajstić information content (AvgIpc) is 2.42. The maximum absolute atomic E-state index is 5.87. The second kappa shape index (κ2) is 6.65. The van der Waals surface area contributed by atoms with Gasteiger partial charge in [-0.2, -0.15) is 0 Å². The molecule has 0 saturated carbocycles. The molecule has 18 heavy (non-hydrogen) atoms. The van der Waals surface area contributed by atoms with Gasteiger partial charge in [-0.1, -0.05) is 55.5 Å². The van der Waals surface area contributed by atoms with Crippen LogP contribution in [0.4, 0.5) is 0 Å². The van der Waals surface area contributed by atoms with Gasteiger partial charge < -0.3 is 4.74 Å². The lowest BCUT2D eigenvalue weighted by Crippen LogP contribution is -1.86. The fourth-order valence-corrected chi connectivity index (χ4v) is 1.65. The van der Waals surface area contributed by atoms with Crippen molar-refractivity contribution in [2.75, 3.05) is 0 Å². The first kappa shape index (κ1) is 12.4. The first-order chi connectivity index (χ1) is 8.90. The van der Waals surface area contributed by atoms with Gasteiger partial charge in [-0.25, -0.2) is 0 Å². The summed E-state index contributed by atoms with van der Waals surface area (Å²) < 4.78 is 5.87. The van der Waals surface area contributed by atoms with E-state index in [1.54, 1.807) is 0 Å². The van der Waals surface area contributed by atoms with Gasteiger partial charge >= 0.3 is 0 Å². The summed E-state index contributed by atoms with van der Waals surface area (Å²) in [4.78, 5) is 0. The number of ether oxygens (including phenoxy) is 1. The Hall–Kier alpha value is -2.02. The Balaban J connectivity index is 2.17. The highest BCUT2D eigenvalue weighted by atomic mass is 16.5. The third-order valence-electron chi connectivity index (χ3n) is 2.56. The predicted molar refractivity (Wildman–Crippen MR) is 76.6 cm³/mol. The molecular formula is C17H17O. The molecule has 0 atom stereocenters. The van der Waals surface area contributed by atoms with E-state index in [9.17, 15) is 0 Å². The van der Waals surface area contributed by atoms with E-state index in [1.807, 2.05) is 48.5 Å². The van der Waals surface area contributed by atoms with Gasteiger partial charge in [0.25, 0.3) is 0 Å². The molecule has 0 fully saturated rings. The van der Waals surface area contributed by atoms with Gasteiger partial charge in [-0.15, -0.1) is 0 Å². The number of rotatable bonds is 5. The maximum atomic E-state index is 5.87. The highest BCUT2D eigenvalue weighted by Crippen LogP contribution is 2.25. The van der Waals surface area contributed by atoms with Crippen LogP contribution >= 0.6 is 0 Å². The van der Waals surface area contributed by atoms with Crippen LogP contribution in [-0.2, 0) is 0 Å². The molecule has 0 unspecified atom stereocenters. The SMILES string of the molecule is [CH2]CC/C=C/c1ccccc1Oc1ccccc1. The van der Waals surface area contributed by atoms with Crippen LogP contribution in [0.3, 0.4) is 0 Å². The monoisotopic (exact) mass is 237 g/mol. The van der Waals surface area contributed by atoms with E-state index in [4.69, 9.17) is 4.74 Å². The highest BCUT2D eigenvalue weighted by molar-refractivity contribution is 5.57. The zero-order valence-electron chi connectivity index (χ0n) is 10.4. The molecule has 2 aromatic rings. The summed E-state index contributed by atoms with van der Waals surface area (Å²) in [5.74, 6) is 1.74. The van der Waals surface area contributed by atoms with Crippen LogP contribution in [0.5, 0.6) is 11.5 Å². The number of benzene rings is 2. The van der Waals surface area contributed by atoms with Gasteiger partial charge in [-0.3, -0.25) is 0 Å². The molecule has 0 amide bonds. The fraction of sp³-hybridized carbons (Fsp3) is 0.118. The molecule has 2 aromatic carbocycles. The summed E-state index contributed by atoms with van der Waals surface area (Å²) in [6.07, 6.45) is 6.11. The van der Waals surface area contributed by atoms with Crippen molar-refractivity contribution in [2.45, 2.75) is 12.8 Å². The van der Waals surface area contributed by atoms with Gasteiger partial charge in [0, 0.05) is 5.56 Å². The summed E-state index contributed by atoms with van der Waals surface area (Å²) in [6.45, 7) is 3.82. The maximum Gasteiger partial charge on any atom is 0.134 e. The van der Waals surface area contributed by atoms with Gasteiger partial charge in [-0.05, 0) is 31.0 Å². The summed E-state index contributed by atoms with van der Waals surface area (Å²) >= 11 is 0. The Morgan fingerprint density at radius 1 is 0.944 bits per heavy atom. The Kier molecular flexibility index (Phi) is 4.60. The van der Waals surface area contributed by atoms with Crippen LogP contribution in [-0.4, -0.2) is 0 Å². The summed E-state index contributed by atoms with van der Waals surface area (Å²) in [5.41, 5.74) is 1.09. The standard InChI is InChI=1S/C17H17O/c1-2-3-5-10-15-11-8-9-14-17(15)18-16-12-6-4-7-13-16/h4-14H,1-3H2/b10-5+. The second-order valence-electron chi connectivity index (χ2n) is 4.00. The lowest BCUT2D eigenvalue weighted by Gasteiger charge is -2.08. The van der Waals surface area contributed by atoms with Crippen LogP contribution in [0, 0.1) is 6.92 Å². The van der Waals surface area contributed by atoms with Crippen molar-refractivity contribution in [1.82, 2.24) is 0 Å². The molecule has 91 valence electrons. The van der Waals surface area contributed by atoms with Gasteiger partial charge in [0.1, 0.15) is 11.5 Å². The molecule has 0 N–H and O–H groups in total.